The number of hydrogen-bond donors (Lipinski definition) is 1. The van der Waals surface area contributed by atoms with Crippen LogP contribution in [0, 0.1) is 18.3 Å². The minimum Gasteiger partial charge on any atom is -0.387 e. The molecule has 1 unspecified atom stereocenters. The molecule has 1 aromatic heterocycles. The summed E-state index contributed by atoms with van der Waals surface area (Å²) in [7, 11) is 2.85. The second kappa shape index (κ2) is 7.36. The first-order valence-corrected chi connectivity index (χ1v) is 8.01. The van der Waals surface area contributed by atoms with Crippen molar-refractivity contribution in [1.82, 2.24) is 9.13 Å². The number of nitriles is 1. The van der Waals surface area contributed by atoms with Crippen molar-refractivity contribution in [3.8, 4) is 6.07 Å². The van der Waals surface area contributed by atoms with Crippen molar-refractivity contribution in [2.45, 2.75) is 20.0 Å². The van der Waals surface area contributed by atoms with Gasteiger partial charge in [0.15, 0.2) is 5.56 Å². The number of rotatable bonds is 5. The number of nitrogens with zero attached hydrogens (tertiary/aromatic N) is 4. The molecular formula is C18H22N4O3. The standard InChI is InChI=1S/C18H22N4O3/c1-5-22(11-15(23)13-8-6-12(2)7-9-13)16-14(10-19)17(24)21(4)18(25)20(16)3/h6-9,15,23H,5,11H2,1-4H3. The Morgan fingerprint density at radius 3 is 2.32 bits per heavy atom. The van der Waals surface area contributed by atoms with E-state index < -0.39 is 17.4 Å². The van der Waals surface area contributed by atoms with Crippen LogP contribution in [-0.2, 0) is 14.1 Å². The number of hydrogen-bond acceptors (Lipinski definition) is 5. The third kappa shape index (κ3) is 3.49. The fourth-order valence-corrected chi connectivity index (χ4v) is 2.77. The van der Waals surface area contributed by atoms with Crippen molar-refractivity contribution in [2.24, 2.45) is 14.1 Å². The first kappa shape index (κ1) is 18.5. The molecule has 7 nitrogen and oxygen atoms in total. The Morgan fingerprint density at radius 2 is 1.80 bits per heavy atom. The van der Waals surface area contributed by atoms with E-state index in [-0.39, 0.29) is 17.9 Å². The van der Waals surface area contributed by atoms with Crippen LogP contribution >= 0.6 is 0 Å². The van der Waals surface area contributed by atoms with Crippen molar-refractivity contribution in [3.05, 3.63) is 61.8 Å². The Bertz CT molecular complexity index is 920. The van der Waals surface area contributed by atoms with E-state index in [0.717, 1.165) is 15.7 Å². The smallest absolute Gasteiger partial charge is 0.332 e. The summed E-state index contributed by atoms with van der Waals surface area (Å²) in [6.45, 7) is 4.39. The van der Waals surface area contributed by atoms with Gasteiger partial charge in [-0.15, -0.1) is 0 Å². The van der Waals surface area contributed by atoms with Gasteiger partial charge >= 0.3 is 5.69 Å². The largest absolute Gasteiger partial charge is 0.387 e. The maximum absolute atomic E-state index is 12.2. The first-order chi connectivity index (χ1) is 11.8. The highest BCUT2D eigenvalue weighted by molar-refractivity contribution is 5.53. The molecule has 0 aliphatic carbocycles. The van der Waals surface area contributed by atoms with Gasteiger partial charge in [0.25, 0.3) is 5.56 Å². The molecule has 25 heavy (non-hydrogen) atoms. The predicted molar refractivity (Wildman–Crippen MR) is 95.7 cm³/mol. The summed E-state index contributed by atoms with van der Waals surface area (Å²) in [6, 6.07) is 9.38. The molecule has 0 saturated carbocycles. The second-order valence-electron chi connectivity index (χ2n) is 5.98. The fourth-order valence-electron chi connectivity index (χ4n) is 2.77. The molecule has 1 N–H and O–H groups in total. The average molecular weight is 342 g/mol. The summed E-state index contributed by atoms with van der Waals surface area (Å²) in [5.41, 5.74) is 0.564. The highest BCUT2D eigenvalue weighted by atomic mass is 16.3. The van der Waals surface area contributed by atoms with Gasteiger partial charge in [0.05, 0.1) is 6.10 Å². The summed E-state index contributed by atoms with van der Waals surface area (Å²) >= 11 is 0. The zero-order chi connectivity index (χ0) is 18.7. The lowest BCUT2D eigenvalue weighted by molar-refractivity contribution is 0.183. The summed E-state index contributed by atoms with van der Waals surface area (Å²) in [4.78, 5) is 26.1. The van der Waals surface area contributed by atoms with E-state index in [0.29, 0.717) is 6.54 Å². The van der Waals surface area contributed by atoms with E-state index in [1.807, 2.05) is 44.2 Å². The SMILES string of the molecule is CCN(CC(O)c1ccc(C)cc1)c1c(C#N)c(=O)n(C)c(=O)n1C. The van der Waals surface area contributed by atoms with Crippen LogP contribution in [0.1, 0.15) is 29.7 Å². The molecule has 7 heteroatoms. The zero-order valence-electron chi connectivity index (χ0n) is 14.9. The quantitative estimate of drug-likeness (QED) is 0.869. The van der Waals surface area contributed by atoms with Gasteiger partial charge in [-0.05, 0) is 19.4 Å². The molecule has 0 bridgehead atoms. The monoisotopic (exact) mass is 342 g/mol. The molecule has 2 rings (SSSR count). The van der Waals surface area contributed by atoms with E-state index in [9.17, 15) is 20.0 Å². The highest BCUT2D eigenvalue weighted by Gasteiger charge is 2.22. The Morgan fingerprint density at radius 1 is 1.20 bits per heavy atom. The molecule has 0 amide bonds. The summed E-state index contributed by atoms with van der Waals surface area (Å²) < 4.78 is 2.18. The molecule has 132 valence electrons. The van der Waals surface area contributed by atoms with Gasteiger partial charge in [0, 0.05) is 27.2 Å². The number of aryl methyl sites for hydroxylation is 1. The Balaban J connectivity index is 2.48. The van der Waals surface area contributed by atoms with Crippen LogP contribution in [0.15, 0.2) is 33.9 Å². The molecule has 1 heterocycles. The van der Waals surface area contributed by atoms with Gasteiger partial charge in [0.1, 0.15) is 11.9 Å². The third-order valence-electron chi connectivity index (χ3n) is 4.28. The Kier molecular flexibility index (Phi) is 5.45. The molecular weight excluding hydrogens is 320 g/mol. The van der Waals surface area contributed by atoms with Gasteiger partial charge in [-0.2, -0.15) is 5.26 Å². The minimum absolute atomic E-state index is 0.109. The van der Waals surface area contributed by atoms with Crippen LogP contribution < -0.4 is 16.1 Å². The number of aromatic nitrogens is 2. The average Bonchev–Trinajstić information content (AvgIpc) is 2.61. The molecule has 2 aromatic rings. The summed E-state index contributed by atoms with van der Waals surface area (Å²) in [6.07, 6.45) is -0.814. The van der Waals surface area contributed by atoms with Crippen molar-refractivity contribution in [3.63, 3.8) is 0 Å². The fraction of sp³-hybridized carbons (Fsp3) is 0.389. The molecule has 0 saturated heterocycles. The summed E-state index contributed by atoms with van der Waals surface area (Å²) in [5, 5.41) is 19.9. The van der Waals surface area contributed by atoms with Gasteiger partial charge in [-0.3, -0.25) is 13.9 Å². The van der Waals surface area contributed by atoms with Crippen LogP contribution in [0.5, 0.6) is 0 Å². The number of anilines is 1. The van der Waals surface area contributed by atoms with Crippen molar-refractivity contribution >= 4 is 5.82 Å². The number of benzene rings is 1. The van der Waals surface area contributed by atoms with Gasteiger partial charge in [0.2, 0.25) is 0 Å². The highest BCUT2D eigenvalue weighted by Crippen LogP contribution is 2.20. The molecule has 1 aromatic carbocycles. The maximum atomic E-state index is 12.2. The Labute approximate surface area is 146 Å². The number of likely N-dealkylation sites (N-methyl/N-ethyl adjacent to an activating group) is 1. The van der Waals surface area contributed by atoms with E-state index in [2.05, 4.69) is 0 Å². The van der Waals surface area contributed by atoms with Crippen molar-refractivity contribution in [2.75, 3.05) is 18.0 Å². The van der Waals surface area contributed by atoms with Crippen molar-refractivity contribution in [1.29, 1.82) is 5.26 Å². The Hall–Kier alpha value is -2.85. The molecule has 0 fully saturated rings. The zero-order valence-corrected chi connectivity index (χ0v) is 14.9. The summed E-state index contributed by atoms with van der Waals surface area (Å²) in [5.74, 6) is 0.226. The topological polar surface area (TPSA) is 91.3 Å². The second-order valence-corrected chi connectivity index (χ2v) is 5.98. The lowest BCUT2D eigenvalue weighted by atomic mass is 10.1. The van der Waals surface area contributed by atoms with Crippen LogP contribution in [-0.4, -0.2) is 27.3 Å². The van der Waals surface area contributed by atoms with E-state index >= 15 is 0 Å². The minimum atomic E-state index is -0.814. The van der Waals surface area contributed by atoms with Crippen LogP contribution in [0.4, 0.5) is 5.82 Å². The number of aliphatic hydroxyl groups is 1. The molecule has 0 aliphatic heterocycles. The molecule has 0 spiro atoms. The third-order valence-corrected chi connectivity index (χ3v) is 4.28. The van der Waals surface area contributed by atoms with Crippen molar-refractivity contribution < 1.29 is 5.11 Å². The van der Waals surface area contributed by atoms with E-state index in [4.69, 9.17) is 0 Å². The lowest BCUT2D eigenvalue weighted by Crippen LogP contribution is -2.43. The van der Waals surface area contributed by atoms with Crippen LogP contribution in [0.25, 0.3) is 0 Å². The normalized spacial score (nSPS) is 11.8. The van der Waals surface area contributed by atoms with E-state index in [1.165, 1.54) is 18.7 Å². The number of aliphatic hydroxyl groups excluding tert-OH is 1. The van der Waals surface area contributed by atoms with Gasteiger partial charge in [-0.25, -0.2) is 4.79 Å². The van der Waals surface area contributed by atoms with Crippen LogP contribution in [0.3, 0.4) is 0 Å². The maximum Gasteiger partial charge on any atom is 0.332 e. The van der Waals surface area contributed by atoms with Gasteiger partial charge in [-0.1, -0.05) is 29.8 Å². The van der Waals surface area contributed by atoms with Crippen LogP contribution in [0.2, 0.25) is 0 Å². The van der Waals surface area contributed by atoms with E-state index in [1.54, 1.807) is 4.90 Å². The lowest BCUT2D eigenvalue weighted by Gasteiger charge is -2.28. The first-order valence-electron chi connectivity index (χ1n) is 8.01. The molecule has 0 aliphatic rings. The molecule has 0 radical (unpaired) electrons. The molecule has 1 atom stereocenters. The van der Waals surface area contributed by atoms with Gasteiger partial charge < -0.3 is 10.0 Å². The predicted octanol–water partition coefficient (Wildman–Crippen LogP) is 0.824.